The van der Waals surface area contributed by atoms with E-state index in [0.29, 0.717) is 24.3 Å². The smallest absolute Gasteiger partial charge is 0.253 e. The third kappa shape index (κ3) is 4.59. The maximum Gasteiger partial charge on any atom is 0.253 e. The average Bonchev–Trinajstić information content (AvgIpc) is 3.87. The Hall–Kier alpha value is -3.83. The molecule has 4 fully saturated rings. The highest BCUT2D eigenvalue weighted by atomic mass is 16.2. The van der Waals surface area contributed by atoms with Crippen LogP contribution >= 0.6 is 0 Å². The number of aliphatic imine (C=N–C) groups is 1. The second-order valence-electron chi connectivity index (χ2n) is 14.0. The van der Waals surface area contributed by atoms with E-state index in [0.717, 1.165) is 53.6 Å². The van der Waals surface area contributed by atoms with E-state index in [9.17, 15) is 10.1 Å². The lowest BCUT2D eigenvalue weighted by atomic mass is 9.60. The molecule has 1 amide bonds. The highest BCUT2D eigenvalue weighted by Crippen LogP contribution is 2.78. The first kappa shape index (κ1) is 30.2. The van der Waals surface area contributed by atoms with Gasteiger partial charge in [-0.3, -0.25) is 9.79 Å². The third-order valence-electron chi connectivity index (χ3n) is 11.1. The van der Waals surface area contributed by atoms with Crippen molar-refractivity contribution in [3.05, 3.63) is 77.5 Å². The zero-order valence-corrected chi connectivity index (χ0v) is 27.0. The van der Waals surface area contributed by atoms with Crippen LogP contribution in [0, 0.1) is 40.9 Å². The molecule has 0 spiro atoms. The minimum atomic E-state index is -0.592. The van der Waals surface area contributed by atoms with Crippen LogP contribution < -0.4 is 11.1 Å². The lowest BCUT2D eigenvalue weighted by molar-refractivity contribution is -0.124. The van der Waals surface area contributed by atoms with E-state index in [1.807, 2.05) is 25.1 Å². The number of piperidine rings is 1. The van der Waals surface area contributed by atoms with Crippen LogP contribution in [0.1, 0.15) is 36.5 Å². The molecule has 2 heterocycles. The molecule has 0 radical (unpaired) electrons. The highest BCUT2D eigenvalue weighted by Gasteiger charge is 2.84. The molecule has 3 N–H and O–H groups in total. The molecule has 6 aliphatic rings. The standard InChI is InChI=1S/C36H47N7O/c1-20(40-19-21(2)43-29(18-37)30-31-32(30)33(31)43)17-36(35(38)39-4)27-13-11-23(22(3)41(5)6)15-24(27)9-10-25-16-26(12-14-28(25)36)34(44)42(7)8/h11-16,20,25,28-33,40H,2-3,9-10,17,19H2,1,4-8H3,(H2,38,39)/t20-,25?,28?,29?,30?,31-,32+,33?,36?/m1/s1. The number of aryl methyl sites for hydroxylation is 1. The lowest BCUT2D eigenvalue weighted by Gasteiger charge is -2.45. The topological polar surface area (TPSA) is 101 Å². The molecule has 0 aromatic heterocycles. The number of nitrogens with zero attached hydrogens (tertiary/aromatic N) is 5. The van der Waals surface area contributed by atoms with Crippen LogP contribution in [0.3, 0.4) is 0 Å². The number of nitrogens with one attached hydrogen (secondary N) is 1. The van der Waals surface area contributed by atoms with E-state index in [2.05, 4.69) is 71.7 Å². The monoisotopic (exact) mass is 593 g/mol. The van der Waals surface area contributed by atoms with E-state index in [-0.39, 0.29) is 29.8 Å². The largest absolute Gasteiger partial charge is 0.387 e. The molecule has 2 saturated carbocycles. The summed E-state index contributed by atoms with van der Waals surface area (Å²) in [6, 6.07) is 9.78. The molecule has 1 aromatic rings. The van der Waals surface area contributed by atoms with Gasteiger partial charge in [0.2, 0.25) is 0 Å². The molecule has 4 aliphatic carbocycles. The molecule has 6 unspecified atom stereocenters. The van der Waals surface area contributed by atoms with Gasteiger partial charge in [-0.1, -0.05) is 43.5 Å². The van der Waals surface area contributed by atoms with Crippen molar-refractivity contribution < 1.29 is 4.79 Å². The van der Waals surface area contributed by atoms with Crippen molar-refractivity contribution in [1.82, 2.24) is 20.0 Å². The molecule has 2 aliphatic heterocycles. The number of amides is 1. The summed E-state index contributed by atoms with van der Waals surface area (Å²) in [4.78, 5) is 23.7. The quantitative estimate of drug-likeness (QED) is 0.318. The van der Waals surface area contributed by atoms with Crippen LogP contribution in [-0.4, -0.2) is 86.4 Å². The zero-order valence-electron chi connectivity index (χ0n) is 27.0. The average molecular weight is 594 g/mol. The van der Waals surface area contributed by atoms with Crippen molar-refractivity contribution in [3.8, 4) is 6.07 Å². The number of allylic oxidation sites excluding steroid dienone is 2. The number of rotatable bonds is 10. The number of hydrogen-bond donors (Lipinski definition) is 2. The Kier molecular flexibility index (Phi) is 7.52. The Balaban J connectivity index is 1.34. The zero-order chi connectivity index (χ0) is 31.7. The van der Waals surface area contributed by atoms with Crippen molar-refractivity contribution in [2.75, 3.05) is 41.8 Å². The van der Waals surface area contributed by atoms with Gasteiger partial charge in [-0.2, -0.15) is 5.26 Å². The Labute approximate surface area is 262 Å². The predicted molar refractivity (Wildman–Crippen MR) is 176 cm³/mol. The van der Waals surface area contributed by atoms with E-state index in [4.69, 9.17) is 5.73 Å². The van der Waals surface area contributed by atoms with Crippen molar-refractivity contribution in [3.63, 3.8) is 0 Å². The Bertz CT molecular complexity index is 1520. The highest BCUT2D eigenvalue weighted by molar-refractivity contribution is 5.97. The van der Waals surface area contributed by atoms with Crippen LogP contribution in [0.15, 0.2) is 65.8 Å². The van der Waals surface area contributed by atoms with Crippen LogP contribution in [0.2, 0.25) is 0 Å². The minimum Gasteiger partial charge on any atom is -0.387 e. The van der Waals surface area contributed by atoms with Gasteiger partial charge in [-0.15, -0.1) is 0 Å². The van der Waals surface area contributed by atoms with E-state index in [1.54, 1.807) is 26.0 Å². The van der Waals surface area contributed by atoms with Crippen LogP contribution in [0.5, 0.6) is 0 Å². The number of nitriles is 1. The number of hydrogen-bond acceptors (Lipinski definition) is 6. The maximum absolute atomic E-state index is 13.0. The second-order valence-corrected chi connectivity index (χ2v) is 14.0. The molecule has 2 bridgehead atoms. The van der Waals surface area contributed by atoms with Gasteiger partial charge in [-0.05, 0) is 66.7 Å². The molecule has 2 saturated heterocycles. The number of carbonyl (C=O) groups is 1. The lowest BCUT2D eigenvalue weighted by Crippen LogP contribution is -2.53. The minimum absolute atomic E-state index is 0.0135. The van der Waals surface area contributed by atoms with Crippen molar-refractivity contribution in [2.24, 2.45) is 40.3 Å². The van der Waals surface area contributed by atoms with Gasteiger partial charge in [0.1, 0.15) is 11.9 Å². The van der Waals surface area contributed by atoms with Crippen molar-refractivity contribution in [2.45, 2.75) is 49.7 Å². The summed E-state index contributed by atoms with van der Waals surface area (Å²) in [5.74, 6) is 2.77. The molecule has 7 rings (SSSR count). The Morgan fingerprint density at radius 3 is 2.59 bits per heavy atom. The number of amidine groups is 1. The number of fused-ring (bicyclic) bond motifs is 3. The summed E-state index contributed by atoms with van der Waals surface area (Å²) in [5, 5.41) is 13.5. The Morgan fingerprint density at radius 2 is 1.95 bits per heavy atom. The first-order chi connectivity index (χ1) is 21.0. The van der Waals surface area contributed by atoms with Gasteiger partial charge >= 0.3 is 0 Å². The number of likely N-dealkylation sites (N-methyl/N-ethyl adjacent to an activating group) is 1. The van der Waals surface area contributed by atoms with Gasteiger partial charge in [0.05, 0.1) is 11.5 Å². The van der Waals surface area contributed by atoms with Gasteiger partial charge in [0, 0.05) is 82.7 Å². The molecule has 44 heavy (non-hydrogen) atoms. The molecule has 232 valence electrons. The number of nitrogens with two attached hydrogens (primary N) is 1. The Morgan fingerprint density at radius 1 is 1.23 bits per heavy atom. The summed E-state index contributed by atoms with van der Waals surface area (Å²) in [6.07, 6.45) is 8.85. The fraction of sp³-hybridized carbons (Fsp3) is 0.528. The van der Waals surface area contributed by atoms with Crippen molar-refractivity contribution in [1.29, 1.82) is 5.26 Å². The summed E-state index contributed by atoms with van der Waals surface area (Å²) in [6.45, 7) is 11.6. The van der Waals surface area contributed by atoms with Gasteiger partial charge in [0.25, 0.3) is 5.91 Å². The molecular weight excluding hydrogens is 546 g/mol. The van der Waals surface area contributed by atoms with Gasteiger partial charge in [0.15, 0.2) is 0 Å². The molecule has 9 atom stereocenters. The molecule has 1 aromatic carbocycles. The normalized spacial score (nSPS) is 33.1. The van der Waals surface area contributed by atoms with E-state index in [1.165, 1.54) is 11.1 Å². The third-order valence-corrected chi connectivity index (χ3v) is 11.1. The van der Waals surface area contributed by atoms with Crippen LogP contribution in [0.4, 0.5) is 0 Å². The number of benzene rings is 1. The summed E-state index contributed by atoms with van der Waals surface area (Å²) in [7, 11) is 9.40. The second kappa shape index (κ2) is 11.0. The number of carbonyl (C=O) groups excluding carboxylic acids is 1. The van der Waals surface area contributed by atoms with Gasteiger partial charge < -0.3 is 25.8 Å². The fourth-order valence-electron chi connectivity index (χ4n) is 8.66. The first-order valence-electron chi connectivity index (χ1n) is 15.9. The molecule has 8 nitrogen and oxygen atoms in total. The summed E-state index contributed by atoms with van der Waals surface area (Å²) < 4.78 is 0. The first-order valence-corrected chi connectivity index (χ1v) is 15.9. The SMILES string of the molecule is C=C(c1ccc2c(c1)CCC1C=C(C(=O)N(C)C)C=CC1C2(C[C@@H](C)NCC(=C)N1C(C#N)C2[C@@H]3C1[C@H]23)C(N)=NC)N(C)C. The fourth-order valence-corrected chi connectivity index (χ4v) is 8.66. The van der Waals surface area contributed by atoms with Crippen LogP contribution in [-0.2, 0) is 16.6 Å². The van der Waals surface area contributed by atoms with Gasteiger partial charge in [-0.25, -0.2) is 0 Å². The summed E-state index contributed by atoms with van der Waals surface area (Å²) in [5.41, 5.74) is 12.7. The molecule has 8 heteroatoms. The van der Waals surface area contributed by atoms with E-state index >= 15 is 0 Å². The summed E-state index contributed by atoms with van der Waals surface area (Å²) >= 11 is 0. The molecular formula is C36H47N7O. The van der Waals surface area contributed by atoms with E-state index < -0.39 is 5.41 Å². The van der Waals surface area contributed by atoms with Crippen LogP contribution in [0.25, 0.3) is 5.70 Å². The predicted octanol–water partition coefficient (Wildman–Crippen LogP) is 3.54. The van der Waals surface area contributed by atoms with Crippen molar-refractivity contribution >= 4 is 17.4 Å². The maximum atomic E-state index is 13.0.